The minimum Gasteiger partial charge on any atom is -0.463 e. The minimum absolute atomic E-state index is 0.112. The van der Waals surface area contributed by atoms with Gasteiger partial charge in [0.2, 0.25) is 5.79 Å². The molecule has 0 aromatic heterocycles. The monoisotopic (exact) mass is 472 g/mol. The number of esters is 1. The molecule has 7 aliphatic rings. The molecule has 190 valence electrons. The highest BCUT2D eigenvalue weighted by Gasteiger charge is 2.75. The third-order valence-corrected chi connectivity index (χ3v) is 12.6. The second-order valence-electron chi connectivity index (χ2n) is 13.9. The van der Waals surface area contributed by atoms with Crippen LogP contribution in [0.25, 0.3) is 0 Å². The van der Waals surface area contributed by atoms with Crippen LogP contribution >= 0.6 is 0 Å². The van der Waals surface area contributed by atoms with Crippen LogP contribution in [0.1, 0.15) is 86.0 Å². The van der Waals surface area contributed by atoms with Gasteiger partial charge >= 0.3 is 5.97 Å². The molecule has 4 aliphatic carbocycles. The molecule has 14 atom stereocenters. The first-order valence-electron chi connectivity index (χ1n) is 14.3. The fourth-order valence-electron chi connectivity index (χ4n) is 11.0. The van der Waals surface area contributed by atoms with Crippen molar-refractivity contribution in [3.05, 3.63) is 0 Å². The minimum atomic E-state index is -0.490. The van der Waals surface area contributed by atoms with Crippen LogP contribution in [-0.2, 0) is 23.7 Å². The smallest absolute Gasteiger partial charge is 0.302 e. The van der Waals surface area contributed by atoms with E-state index in [-0.39, 0.29) is 18.2 Å². The van der Waals surface area contributed by atoms with E-state index in [2.05, 4.69) is 27.7 Å². The molecule has 34 heavy (non-hydrogen) atoms. The summed E-state index contributed by atoms with van der Waals surface area (Å²) in [5.74, 6) is 3.97. The largest absolute Gasteiger partial charge is 0.463 e. The van der Waals surface area contributed by atoms with Crippen molar-refractivity contribution in [3.8, 4) is 0 Å². The molecular weight excluding hydrogens is 428 g/mol. The SMILES string of the molecule is CC(=O)O[C@H]1CC[C@@]2(C)[C@@H](CC[C@@H]3[C@@H]2CC[C@]2(C)[C@@H]4[C@H](C[C@@H]32)O[C@@]2(OC[C@H](C)[C@H]3O[C@H]32)[C@H]4C)C1. The van der Waals surface area contributed by atoms with Crippen LogP contribution in [0.5, 0.6) is 0 Å². The van der Waals surface area contributed by atoms with E-state index in [1.165, 1.54) is 38.5 Å². The molecule has 0 N–H and O–H groups in total. The third kappa shape index (κ3) is 2.81. The van der Waals surface area contributed by atoms with Crippen LogP contribution in [-0.4, -0.2) is 42.8 Å². The van der Waals surface area contributed by atoms with Crippen molar-refractivity contribution in [1.29, 1.82) is 0 Å². The zero-order valence-corrected chi connectivity index (χ0v) is 21.8. The van der Waals surface area contributed by atoms with Gasteiger partial charge in [-0.15, -0.1) is 0 Å². The Bertz CT molecular complexity index is 875. The van der Waals surface area contributed by atoms with Crippen molar-refractivity contribution in [2.24, 2.45) is 52.3 Å². The Kier molecular flexibility index (Phi) is 4.79. The van der Waals surface area contributed by atoms with Crippen molar-refractivity contribution in [2.45, 2.75) is 116 Å². The molecule has 3 heterocycles. The van der Waals surface area contributed by atoms with Gasteiger partial charge in [-0.05, 0) is 91.8 Å². The molecule has 3 saturated heterocycles. The zero-order valence-electron chi connectivity index (χ0n) is 21.8. The number of carbonyl (C=O) groups excluding carboxylic acids is 1. The second-order valence-corrected chi connectivity index (χ2v) is 13.9. The first kappa shape index (κ1) is 22.5. The Morgan fingerprint density at radius 3 is 2.56 bits per heavy atom. The first-order chi connectivity index (χ1) is 16.2. The average Bonchev–Trinajstić information content (AvgIpc) is 3.48. The fourth-order valence-corrected chi connectivity index (χ4v) is 11.0. The van der Waals surface area contributed by atoms with Gasteiger partial charge in [-0.25, -0.2) is 0 Å². The van der Waals surface area contributed by atoms with Crippen molar-refractivity contribution in [2.75, 3.05) is 6.61 Å². The summed E-state index contributed by atoms with van der Waals surface area (Å²) in [7, 11) is 0. The molecule has 0 amide bonds. The molecule has 3 aliphatic heterocycles. The molecule has 7 rings (SSSR count). The summed E-state index contributed by atoms with van der Waals surface area (Å²) in [5.41, 5.74) is 0.758. The molecule has 5 nitrogen and oxygen atoms in total. The highest BCUT2D eigenvalue weighted by Crippen LogP contribution is 2.72. The summed E-state index contributed by atoms with van der Waals surface area (Å²) in [6.07, 6.45) is 10.8. The normalized spacial score (nSPS) is 61.6. The van der Waals surface area contributed by atoms with E-state index in [1.54, 1.807) is 6.92 Å². The molecule has 5 heteroatoms. The Morgan fingerprint density at radius 1 is 0.971 bits per heavy atom. The summed E-state index contributed by atoms with van der Waals surface area (Å²) in [5, 5.41) is 0. The number of epoxide rings is 1. The van der Waals surface area contributed by atoms with Gasteiger partial charge in [-0.2, -0.15) is 0 Å². The van der Waals surface area contributed by atoms with Crippen LogP contribution in [0.4, 0.5) is 0 Å². The molecule has 0 aromatic carbocycles. The average molecular weight is 473 g/mol. The molecular formula is C29H44O5. The topological polar surface area (TPSA) is 57.3 Å². The summed E-state index contributed by atoms with van der Waals surface area (Å²) in [6.45, 7) is 12.2. The first-order valence-corrected chi connectivity index (χ1v) is 14.3. The number of fused-ring (bicyclic) bond motifs is 9. The zero-order chi connectivity index (χ0) is 23.6. The van der Waals surface area contributed by atoms with E-state index in [4.69, 9.17) is 18.9 Å². The van der Waals surface area contributed by atoms with E-state index < -0.39 is 5.79 Å². The molecule has 0 radical (unpaired) electrons. The van der Waals surface area contributed by atoms with Crippen molar-refractivity contribution in [1.82, 2.24) is 0 Å². The van der Waals surface area contributed by atoms with Crippen molar-refractivity contribution < 1.29 is 23.7 Å². The number of hydrogen-bond acceptors (Lipinski definition) is 5. The Labute approximate surface area is 205 Å². The standard InChI is InChI=1S/C29H44O5/c1-15-14-31-29(26-25(15)33-26)16(2)24-23(34-29)13-22-20-7-6-18-12-19(32-17(3)30)8-10-27(18,4)21(20)9-11-28(22,24)5/h15-16,18-26H,6-14H2,1-5H3/t15-,16-,18-,19-,20+,21-,22-,23-,24-,25+,26+,27-,28-,29-/m0/s1. The van der Waals surface area contributed by atoms with Gasteiger partial charge in [0.15, 0.2) is 0 Å². The predicted molar refractivity (Wildman–Crippen MR) is 127 cm³/mol. The van der Waals surface area contributed by atoms with Crippen molar-refractivity contribution >= 4 is 5.97 Å². The molecule has 0 bridgehead atoms. The Balaban J connectivity index is 1.12. The number of carbonyl (C=O) groups is 1. The molecule has 7 fully saturated rings. The highest BCUT2D eigenvalue weighted by atomic mass is 16.8. The van der Waals surface area contributed by atoms with Gasteiger partial charge in [-0.1, -0.05) is 27.7 Å². The molecule has 0 unspecified atom stereocenters. The van der Waals surface area contributed by atoms with Gasteiger partial charge in [0.25, 0.3) is 0 Å². The van der Waals surface area contributed by atoms with Crippen LogP contribution < -0.4 is 0 Å². The van der Waals surface area contributed by atoms with E-state index in [9.17, 15) is 4.79 Å². The quantitative estimate of drug-likeness (QED) is 0.380. The van der Waals surface area contributed by atoms with Crippen LogP contribution in [0.3, 0.4) is 0 Å². The van der Waals surface area contributed by atoms with Gasteiger partial charge in [0.05, 0.1) is 18.8 Å². The third-order valence-electron chi connectivity index (χ3n) is 12.6. The van der Waals surface area contributed by atoms with Gasteiger partial charge in [0, 0.05) is 18.8 Å². The number of rotatable bonds is 1. The summed E-state index contributed by atoms with van der Waals surface area (Å²) >= 11 is 0. The lowest BCUT2D eigenvalue weighted by Crippen LogP contribution is -2.56. The predicted octanol–water partition coefficient (Wildman–Crippen LogP) is 5.35. The molecule has 4 saturated carbocycles. The maximum Gasteiger partial charge on any atom is 0.302 e. The van der Waals surface area contributed by atoms with Gasteiger partial charge in [-0.3, -0.25) is 4.79 Å². The fraction of sp³-hybridized carbons (Fsp3) is 0.966. The maximum atomic E-state index is 11.6. The molecule has 1 spiro atoms. The lowest BCUT2D eigenvalue weighted by molar-refractivity contribution is -0.268. The molecule has 0 aromatic rings. The van der Waals surface area contributed by atoms with Crippen molar-refractivity contribution in [3.63, 3.8) is 0 Å². The van der Waals surface area contributed by atoms with Gasteiger partial charge < -0.3 is 18.9 Å². The summed E-state index contributed by atoms with van der Waals surface area (Å²) in [6, 6.07) is 0. The Hall–Kier alpha value is -0.650. The number of ether oxygens (including phenoxy) is 4. The summed E-state index contributed by atoms with van der Waals surface area (Å²) < 4.78 is 25.3. The van der Waals surface area contributed by atoms with Crippen LogP contribution in [0.2, 0.25) is 0 Å². The van der Waals surface area contributed by atoms with Crippen LogP contribution in [0, 0.1) is 52.3 Å². The highest BCUT2D eigenvalue weighted by molar-refractivity contribution is 5.66. The van der Waals surface area contributed by atoms with E-state index >= 15 is 0 Å². The van der Waals surface area contributed by atoms with Crippen LogP contribution in [0.15, 0.2) is 0 Å². The Morgan fingerprint density at radius 2 is 1.76 bits per heavy atom. The number of hydrogen-bond donors (Lipinski definition) is 0. The second kappa shape index (κ2) is 7.22. The van der Waals surface area contributed by atoms with E-state index in [0.29, 0.717) is 46.7 Å². The van der Waals surface area contributed by atoms with Gasteiger partial charge in [0.1, 0.15) is 12.2 Å². The maximum absolute atomic E-state index is 11.6. The lowest BCUT2D eigenvalue weighted by atomic mass is 9.44. The van der Waals surface area contributed by atoms with E-state index in [1.807, 2.05) is 0 Å². The summed E-state index contributed by atoms with van der Waals surface area (Å²) in [4.78, 5) is 11.6. The lowest BCUT2D eigenvalue weighted by Gasteiger charge is -2.61. The van der Waals surface area contributed by atoms with E-state index in [0.717, 1.165) is 37.2 Å².